The smallest absolute Gasteiger partial charge is 0.250 e. The van der Waals surface area contributed by atoms with Crippen molar-refractivity contribution < 1.29 is 0 Å². The summed E-state index contributed by atoms with van der Waals surface area (Å²) in [6.07, 6.45) is 4.64. The Kier molecular flexibility index (Phi) is 6.13. The minimum absolute atomic E-state index is 0.118. The van der Waals surface area contributed by atoms with Crippen molar-refractivity contribution in [1.82, 2.24) is 4.57 Å². The Morgan fingerprint density at radius 1 is 1.22 bits per heavy atom. The molecule has 0 bridgehead atoms. The van der Waals surface area contributed by atoms with E-state index in [2.05, 4.69) is 29.8 Å². The molecule has 102 valence electrons. The summed E-state index contributed by atoms with van der Waals surface area (Å²) >= 11 is 3.67. The highest BCUT2D eigenvalue weighted by Gasteiger charge is 2.28. The molecule has 2 nitrogen and oxygen atoms in total. The predicted octanol–water partition coefficient (Wildman–Crippen LogP) is 4.14. The van der Waals surface area contributed by atoms with E-state index in [0.717, 1.165) is 43.3 Å². The van der Waals surface area contributed by atoms with E-state index in [0.29, 0.717) is 0 Å². The Morgan fingerprint density at radius 2 is 1.83 bits per heavy atom. The second kappa shape index (κ2) is 7.13. The lowest BCUT2D eigenvalue weighted by atomic mass is 9.81. The van der Waals surface area contributed by atoms with Gasteiger partial charge in [-0.05, 0) is 31.2 Å². The van der Waals surface area contributed by atoms with Gasteiger partial charge in [0, 0.05) is 23.6 Å². The van der Waals surface area contributed by atoms with Crippen LogP contribution in [0.3, 0.4) is 0 Å². The molecule has 0 aliphatic carbocycles. The maximum absolute atomic E-state index is 12.0. The summed E-state index contributed by atoms with van der Waals surface area (Å²) < 4.78 is 1.92. The maximum atomic E-state index is 12.0. The standard InChI is InChI=1S/C15H24BrNO/c1-4-9-15(11-16,10-5-2)12-17-13(3)7-6-8-14(17)18/h6-8H,4-5,9-12H2,1-3H3. The molecule has 1 rings (SSSR count). The van der Waals surface area contributed by atoms with Gasteiger partial charge in [-0.15, -0.1) is 0 Å². The SMILES string of the molecule is CCCC(CBr)(CCC)Cn1c(C)cccc1=O. The molecule has 1 heterocycles. The molecule has 0 aliphatic heterocycles. The van der Waals surface area contributed by atoms with Gasteiger partial charge in [0.05, 0.1) is 0 Å². The van der Waals surface area contributed by atoms with Crippen LogP contribution >= 0.6 is 15.9 Å². The molecule has 0 aliphatic rings. The molecule has 3 heteroatoms. The first kappa shape index (κ1) is 15.5. The van der Waals surface area contributed by atoms with Crippen LogP contribution in [0.4, 0.5) is 0 Å². The van der Waals surface area contributed by atoms with Crippen LogP contribution in [0.2, 0.25) is 0 Å². The van der Waals surface area contributed by atoms with E-state index >= 15 is 0 Å². The fourth-order valence-corrected chi connectivity index (χ4v) is 3.42. The lowest BCUT2D eigenvalue weighted by molar-refractivity contribution is 0.228. The fourth-order valence-electron chi connectivity index (χ4n) is 2.68. The molecular weight excluding hydrogens is 290 g/mol. The molecule has 0 atom stereocenters. The minimum Gasteiger partial charge on any atom is -0.312 e. The van der Waals surface area contributed by atoms with E-state index in [1.807, 2.05) is 23.6 Å². The number of hydrogen-bond donors (Lipinski definition) is 0. The van der Waals surface area contributed by atoms with Crippen molar-refractivity contribution >= 4 is 15.9 Å². The van der Waals surface area contributed by atoms with Crippen LogP contribution in [0.15, 0.2) is 23.0 Å². The van der Waals surface area contributed by atoms with Crippen molar-refractivity contribution in [2.45, 2.75) is 53.0 Å². The van der Waals surface area contributed by atoms with Crippen molar-refractivity contribution in [2.75, 3.05) is 5.33 Å². The second-order valence-electron chi connectivity index (χ2n) is 5.23. The summed E-state index contributed by atoms with van der Waals surface area (Å²) in [5.41, 5.74) is 1.38. The molecule has 1 aromatic heterocycles. The van der Waals surface area contributed by atoms with Crippen molar-refractivity contribution in [2.24, 2.45) is 5.41 Å². The van der Waals surface area contributed by atoms with Crippen molar-refractivity contribution in [3.05, 3.63) is 34.2 Å². The number of pyridine rings is 1. The quantitative estimate of drug-likeness (QED) is 0.693. The van der Waals surface area contributed by atoms with Crippen LogP contribution in [0, 0.1) is 12.3 Å². The van der Waals surface area contributed by atoms with Gasteiger partial charge in [-0.3, -0.25) is 4.79 Å². The number of hydrogen-bond acceptors (Lipinski definition) is 1. The van der Waals surface area contributed by atoms with Crippen molar-refractivity contribution in [3.8, 4) is 0 Å². The zero-order valence-corrected chi connectivity index (χ0v) is 13.3. The molecule has 0 fully saturated rings. The van der Waals surface area contributed by atoms with Gasteiger partial charge in [-0.1, -0.05) is 48.7 Å². The summed E-state index contributed by atoms with van der Waals surface area (Å²) in [5, 5.41) is 0.961. The van der Waals surface area contributed by atoms with E-state index in [-0.39, 0.29) is 11.0 Å². The molecule has 18 heavy (non-hydrogen) atoms. The van der Waals surface area contributed by atoms with Gasteiger partial charge in [0.25, 0.3) is 5.56 Å². The zero-order chi connectivity index (χ0) is 13.6. The molecule has 0 saturated carbocycles. The Balaban J connectivity index is 3.05. The normalized spacial score (nSPS) is 11.8. The van der Waals surface area contributed by atoms with Crippen LogP contribution in [0.1, 0.15) is 45.2 Å². The fraction of sp³-hybridized carbons (Fsp3) is 0.667. The Bertz CT molecular complexity index is 419. The minimum atomic E-state index is 0.118. The Hall–Kier alpha value is -0.570. The highest BCUT2D eigenvalue weighted by Crippen LogP contribution is 2.33. The monoisotopic (exact) mass is 313 g/mol. The first-order valence-electron chi connectivity index (χ1n) is 6.81. The van der Waals surface area contributed by atoms with Gasteiger partial charge >= 0.3 is 0 Å². The highest BCUT2D eigenvalue weighted by atomic mass is 79.9. The van der Waals surface area contributed by atoms with Gasteiger partial charge in [0.15, 0.2) is 0 Å². The lowest BCUT2D eigenvalue weighted by Gasteiger charge is -2.33. The first-order chi connectivity index (χ1) is 8.58. The maximum Gasteiger partial charge on any atom is 0.250 e. The predicted molar refractivity (Wildman–Crippen MR) is 81.5 cm³/mol. The molecule has 0 radical (unpaired) electrons. The van der Waals surface area contributed by atoms with Gasteiger partial charge in [0.2, 0.25) is 0 Å². The van der Waals surface area contributed by atoms with E-state index in [1.54, 1.807) is 6.07 Å². The average Bonchev–Trinajstić information content (AvgIpc) is 2.34. The molecule has 0 spiro atoms. The molecule has 1 aromatic rings. The summed E-state index contributed by atoms with van der Waals surface area (Å²) in [6.45, 7) is 7.27. The first-order valence-corrected chi connectivity index (χ1v) is 7.93. The summed E-state index contributed by atoms with van der Waals surface area (Å²) in [5.74, 6) is 0. The summed E-state index contributed by atoms with van der Waals surface area (Å²) in [7, 11) is 0. The number of nitrogens with zero attached hydrogens (tertiary/aromatic N) is 1. The third-order valence-electron chi connectivity index (χ3n) is 3.61. The van der Waals surface area contributed by atoms with Crippen molar-refractivity contribution in [1.29, 1.82) is 0 Å². The molecule has 0 N–H and O–H groups in total. The molecule has 0 aromatic carbocycles. The third kappa shape index (κ3) is 3.71. The molecule has 0 unspecified atom stereocenters. The topological polar surface area (TPSA) is 22.0 Å². The van der Waals surface area contributed by atoms with E-state index in [1.165, 1.54) is 0 Å². The second-order valence-corrected chi connectivity index (χ2v) is 5.79. The van der Waals surface area contributed by atoms with Crippen LogP contribution < -0.4 is 5.56 Å². The largest absolute Gasteiger partial charge is 0.312 e. The number of halogens is 1. The molecule has 0 amide bonds. The third-order valence-corrected chi connectivity index (χ3v) is 4.80. The van der Waals surface area contributed by atoms with Crippen LogP contribution in [-0.2, 0) is 6.54 Å². The number of rotatable bonds is 7. The lowest BCUT2D eigenvalue weighted by Crippen LogP contribution is -2.34. The van der Waals surface area contributed by atoms with E-state index in [9.17, 15) is 4.79 Å². The zero-order valence-electron chi connectivity index (χ0n) is 11.7. The van der Waals surface area contributed by atoms with Gasteiger partial charge in [-0.2, -0.15) is 0 Å². The van der Waals surface area contributed by atoms with Crippen LogP contribution in [-0.4, -0.2) is 9.90 Å². The number of aromatic nitrogens is 1. The van der Waals surface area contributed by atoms with E-state index < -0.39 is 0 Å². The van der Waals surface area contributed by atoms with Gasteiger partial charge in [-0.25, -0.2) is 0 Å². The summed E-state index contributed by atoms with van der Waals surface area (Å²) in [4.78, 5) is 12.0. The van der Waals surface area contributed by atoms with Crippen LogP contribution in [0.25, 0.3) is 0 Å². The highest BCUT2D eigenvalue weighted by molar-refractivity contribution is 9.09. The summed E-state index contributed by atoms with van der Waals surface area (Å²) in [6, 6.07) is 5.51. The van der Waals surface area contributed by atoms with Gasteiger partial charge in [0.1, 0.15) is 0 Å². The Labute approximate surface area is 119 Å². The average molecular weight is 314 g/mol. The van der Waals surface area contributed by atoms with Crippen molar-refractivity contribution in [3.63, 3.8) is 0 Å². The number of aryl methyl sites for hydroxylation is 1. The van der Waals surface area contributed by atoms with Crippen LogP contribution in [0.5, 0.6) is 0 Å². The molecular formula is C15H24BrNO. The van der Waals surface area contributed by atoms with Gasteiger partial charge < -0.3 is 4.57 Å². The van der Waals surface area contributed by atoms with E-state index in [4.69, 9.17) is 0 Å². The Morgan fingerprint density at radius 3 is 2.28 bits per heavy atom. The number of alkyl halides is 1. The molecule has 0 saturated heterocycles.